The van der Waals surface area contributed by atoms with Crippen LogP contribution < -0.4 is 5.32 Å². The first kappa shape index (κ1) is 14.3. The van der Waals surface area contributed by atoms with E-state index in [-0.39, 0.29) is 11.9 Å². The van der Waals surface area contributed by atoms with Gasteiger partial charge in [-0.05, 0) is 31.0 Å². The Morgan fingerprint density at radius 1 is 1.22 bits per heavy atom. The van der Waals surface area contributed by atoms with E-state index in [4.69, 9.17) is 4.42 Å². The molecule has 7 heteroatoms. The summed E-state index contributed by atoms with van der Waals surface area (Å²) in [6.45, 7) is 0. The smallest absolute Gasteiger partial charge is 0.322 e. The van der Waals surface area contributed by atoms with Gasteiger partial charge in [0, 0.05) is 11.5 Å². The molecule has 1 N–H and O–H groups in total. The molecule has 0 aliphatic heterocycles. The van der Waals surface area contributed by atoms with Crippen molar-refractivity contribution in [3.05, 3.63) is 35.2 Å². The number of carbonyl (C=O) groups is 1. The van der Waals surface area contributed by atoms with Crippen LogP contribution in [-0.2, 0) is 0 Å². The summed E-state index contributed by atoms with van der Waals surface area (Å²) in [4.78, 5) is 16.5. The van der Waals surface area contributed by atoms with Crippen molar-refractivity contribution in [3.8, 4) is 0 Å². The molecule has 2 aromatic heterocycles. The van der Waals surface area contributed by atoms with Gasteiger partial charge in [-0.3, -0.25) is 10.1 Å². The third kappa shape index (κ3) is 2.96. The summed E-state index contributed by atoms with van der Waals surface area (Å²) in [5, 5.41) is 10.7. The minimum Gasteiger partial charge on any atom is -0.408 e. The maximum absolute atomic E-state index is 12.3. The van der Waals surface area contributed by atoms with Gasteiger partial charge >= 0.3 is 6.01 Å². The lowest BCUT2D eigenvalue weighted by Crippen LogP contribution is -2.11. The van der Waals surface area contributed by atoms with E-state index in [0.29, 0.717) is 17.4 Å². The van der Waals surface area contributed by atoms with Gasteiger partial charge in [-0.1, -0.05) is 24.4 Å². The van der Waals surface area contributed by atoms with Gasteiger partial charge in [0.15, 0.2) is 0 Å². The number of thiazole rings is 1. The molecule has 0 atom stereocenters. The second kappa shape index (κ2) is 6.08. The fraction of sp³-hybridized carbons (Fsp3) is 0.375. The number of nitrogens with zero attached hydrogens (tertiary/aromatic N) is 3. The third-order valence-corrected chi connectivity index (χ3v) is 5.00. The molecule has 118 valence electrons. The molecule has 3 aromatic rings. The molecule has 1 saturated carbocycles. The van der Waals surface area contributed by atoms with Crippen molar-refractivity contribution in [1.29, 1.82) is 0 Å². The summed E-state index contributed by atoms with van der Waals surface area (Å²) in [5.74, 6) is 0.715. The highest BCUT2D eigenvalue weighted by molar-refractivity contribution is 7.16. The number of hydrogen-bond donors (Lipinski definition) is 1. The van der Waals surface area contributed by atoms with Gasteiger partial charge in [-0.15, -0.1) is 16.4 Å². The molecule has 0 bridgehead atoms. The van der Waals surface area contributed by atoms with E-state index < -0.39 is 0 Å². The Hall–Kier alpha value is -2.28. The molecule has 0 unspecified atom stereocenters. The van der Waals surface area contributed by atoms with Crippen molar-refractivity contribution in [3.63, 3.8) is 0 Å². The average Bonchev–Trinajstić information content (AvgIpc) is 3.24. The number of hydrogen-bond acceptors (Lipinski definition) is 6. The summed E-state index contributed by atoms with van der Waals surface area (Å²) in [7, 11) is 0. The summed E-state index contributed by atoms with van der Waals surface area (Å²) >= 11 is 1.51. The summed E-state index contributed by atoms with van der Waals surface area (Å²) in [6, 6.07) is 5.57. The highest BCUT2D eigenvalue weighted by Crippen LogP contribution is 2.32. The summed E-state index contributed by atoms with van der Waals surface area (Å²) in [5.41, 5.74) is 3.21. The predicted molar refractivity (Wildman–Crippen MR) is 87.7 cm³/mol. The first-order valence-electron chi connectivity index (χ1n) is 7.77. The van der Waals surface area contributed by atoms with Crippen molar-refractivity contribution >= 4 is 33.5 Å². The molecular formula is C16H16N4O2S. The van der Waals surface area contributed by atoms with Crippen molar-refractivity contribution < 1.29 is 9.21 Å². The lowest BCUT2D eigenvalue weighted by molar-refractivity contribution is 0.102. The maximum atomic E-state index is 12.3. The Morgan fingerprint density at radius 3 is 2.96 bits per heavy atom. The summed E-state index contributed by atoms with van der Waals surface area (Å²) in [6.07, 6.45) is 5.83. The number of amides is 1. The van der Waals surface area contributed by atoms with Gasteiger partial charge in [0.05, 0.1) is 15.7 Å². The van der Waals surface area contributed by atoms with Crippen LogP contribution in [0.3, 0.4) is 0 Å². The normalized spacial score (nSPS) is 15.8. The Balaban J connectivity index is 1.48. The molecule has 1 amide bonds. The molecule has 0 saturated heterocycles. The van der Waals surface area contributed by atoms with Crippen LogP contribution in [0.4, 0.5) is 6.01 Å². The molecule has 1 aliphatic carbocycles. The predicted octanol–water partition coefficient (Wildman–Crippen LogP) is 3.98. The molecule has 4 rings (SSSR count). The number of anilines is 1. The second-order valence-electron chi connectivity index (χ2n) is 5.77. The minimum absolute atomic E-state index is 0.167. The SMILES string of the molecule is O=C(Nc1nnc(C2CCCCC2)o1)c1ccc2ncsc2c1. The van der Waals surface area contributed by atoms with Crippen LogP contribution in [0.15, 0.2) is 28.1 Å². The topological polar surface area (TPSA) is 80.9 Å². The lowest BCUT2D eigenvalue weighted by Gasteiger charge is -2.17. The second-order valence-corrected chi connectivity index (χ2v) is 6.66. The van der Waals surface area contributed by atoms with Crippen LogP contribution in [-0.4, -0.2) is 21.1 Å². The fourth-order valence-electron chi connectivity index (χ4n) is 2.97. The molecule has 1 aromatic carbocycles. The van der Waals surface area contributed by atoms with Crippen molar-refractivity contribution in [2.75, 3.05) is 5.32 Å². The van der Waals surface area contributed by atoms with Gasteiger partial charge in [-0.25, -0.2) is 4.98 Å². The van der Waals surface area contributed by atoms with Gasteiger partial charge in [-0.2, -0.15) is 0 Å². The lowest BCUT2D eigenvalue weighted by atomic mass is 9.89. The van der Waals surface area contributed by atoms with E-state index in [0.717, 1.165) is 23.1 Å². The average molecular weight is 328 g/mol. The van der Waals surface area contributed by atoms with Gasteiger partial charge < -0.3 is 4.42 Å². The van der Waals surface area contributed by atoms with Crippen LogP contribution in [0.1, 0.15) is 54.3 Å². The van der Waals surface area contributed by atoms with E-state index in [2.05, 4.69) is 20.5 Å². The molecule has 6 nitrogen and oxygen atoms in total. The molecule has 0 spiro atoms. The van der Waals surface area contributed by atoms with Gasteiger partial charge in [0.2, 0.25) is 5.89 Å². The highest BCUT2D eigenvalue weighted by atomic mass is 32.1. The third-order valence-electron chi connectivity index (χ3n) is 4.21. The Morgan fingerprint density at radius 2 is 2.09 bits per heavy atom. The van der Waals surface area contributed by atoms with Crippen LogP contribution >= 0.6 is 11.3 Å². The zero-order chi connectivity index (χ0) is 15.6. The van der Waals surface area contributed by atoms with Gasteiger partial charge in [0.1, 0.15) is 0 Å². The Kier molecular flexibility index (Phi) is 3.78. The van der Waals surface area contributed by atoms with Crippen LogP contribution in [0, 0.1) is 0 Å². The quantitative estimate of drug-likeness (QED) is 0.786. The fourth-order valence-corrected chi connectivity index (χ4v) is 3.68. The van der Waals surface area contributed by atoms with E-state index >= 15 is 0 Å². The van der Waals surface area contributed by atoms with E-state index in [9.17, 15) is 4.79 Å². The summed E-state index contributed by atoms with van der Waals surface area (Å²) < 4.78 is 6.60. The maximum Gasteiger partial charge on any atom is 0.322 e. The van der Waals surface area contributed by atoms with E-state index in [1.165, 1.54) is 30.6 Å². The minimum atomic E-state index is -0.251. The van der Waals surface area contributed by atoms with Crippen molar-refractivity contribution in [1.82, 2.24) is 15.2 Å². The molecule has 1 fully saturated rings. The van der Waals surface area contributed by atoms with E-state index in [1.54, 1.807) is 11.6 Å². The van der Waals surface area contributed by atoms with Crippen LogP contribution in [0.2, 0.25) is 0 Å². The van der Waals surface area contributed by atoms with E-state index in [1.807, 2.05) is 12.1 Å². The number of aromatic nitrogens is 3. The number of carbonyl (C=O) groups excluding carboxylic acids is 1. The Labute approximate surface area is 136 Å². The molecular weight excluding hydrogens is 312 g/mol. The first-order chi connectivity index (χ1) is 11.3. The first-order valence-corrected chi connectivity index (χ1v) is 8.65. The van der Waals surface area contributed by atoms with Crippen molar-refractivity contribution in [2.45, 2.75) is 38.0 Å². The number of nitrogens with one attached hydrogen (secondary N) is 1. The zero-order valence-corrected chi connectivity index (χ0v) is 13.3. The number of fused-ring (bicyclic) bond motifs is 1. The van der Waals surface area contributed by atoms with Crippen LogP contribution in [0.5, 0.6) is 0 Å². The Bertz CT molecular complexity index is 835. The zero-order valence-electron chi connectivity index (χ0n) is 12.5. The van der Waals surface area contributed by atoms with Crippen LogP contribution in [0.25, 0.3) is 10.2 Å². The molecule has 23 heavy (non-hydrogen) atoms. The standard InChI is InChI=1S/C16H16N4O2S/c21-14(11-6-7-12-13(8-11)23-9-17-12)18-16-20-19-15(22-16)10-4-2-1-3-5-10/h6-10H,1-5H2,(H,18,20,21). The highest BCUT2D eigenvalue weighted by Gasteiger charge is 2.22. The van der Waals surface area contributed by atoms with Gasteiger partial charge in [0.25, 0.3) is 5.91 Å². The molecule has 1 aliphatic rings. The molecule has 0 radical (unpaired) electrons. The van der Waals surface area contributed by atoms with Crippen molar-refractivity contribution in [2.24, 2.45) is 0 Å². The largest absolute Gasteiger partial charge is 0.408 e. The molecule has 2 heterocycles. The number of rotatable bonds is 3. The number of benzene rings is 1. The monoisotopic (exact) mass is 328 g/mol.